The van der Waals surface area contributed by atoms with Gasteiger partial charge in [-0.25, -0.2) is 0 Å². The molecule has 0 amide bonds. The number of epoxide rings is 1. The van der Waals surface area contributed by atoms with Crippen LogP contribution in [0.2, 0.25) is 0 Å². The Morgan fingerprint density at radius 3 is 1.24 bits per heavy atom. The van der Waals surface area contributed by atoms with Crippen molar-refractivity contribution in [1.29, 1.82) is 0 Å². The first-order valence-electron chi connectivity index (χ1n) is 7.91. The summed E-state index contributed by atoms with van der Waals surface area (Å²) in [5.74, 6) is 1.16. The van der Waals surface area contributed by atoms with E-state index in [-0.39, 0.29) is 12.2 Å². The monoisotopic (exact) mass is 280 g/mol. The second kappa shape index (κ2) is 5.65. The molecule has 1 heteroatoms. The van der Waals surface area contributed by atoms with Crippen molar-refractivity contribution in [2.45, 2.75) is 51.7 Å². The molecule has 1 fully saturated rings. The fourth-order valence-electron chi connectivity index (χ4n) is 2.76. The molecule has 0 aromatic heterocycles. The lowest BCUT2D eigenvalue weighted by Crippen LogP contribution is -1.90. The molecule has 0 saturated carbocycles. The fraction of sp³-hybridized carbons (Fsp3) is 0.400. The highest BCUT2D eigenvalue weighted by Gasteiger charge is 2.41. The Morgan fingerprint density at radius 1 is 0.619 bits per heavy atom. The predicted octanol–water partition coefficient (Wildman–Crippen LogP) is 5.75. The molecule has 1 nitrogen and oxygen atoms in total. The molecule has 110 valence electrons. The summed E-state index contributed by atoms with van der Waals surface area (Å²) < 4.78 is 5.89. The molecule has 2 aromatic carbocycles. The lowest BCUT2D eigenvalue weighted by Gasteiger charge is -2.06. The molecule has 2 unspecified atom stereocenters. The average molecular weight is 280 g/mol. The Kier molecular flexibility index (Phi) is 3.86. The Morgan fingerprint density at radius 2 is 0.952 bits per heavy atom. The van der Waals surface area contributed by atoms with Gasteiger partial charge < -0.3 is 4.74 Å². The molecule has 1 heterocycles. The van der Waals surface area contributed by atoms with E-state index in [9.17, 15) is 0 Å². The lowest BCUT2D eigenvalue weighted by atomic mass is 9.97. The fourth-order valence-corrected chi connectivity index (χ4v) is 2.76. The Labute approximate surface area is 128 Å². The van der Waals surface area contributed by atoms with Crippen LogP contribution >= 0.6 is 0 Å². The molecular formula is C20H24O. The van der Waals surface area contributed by atoms with Crippen molar-refractivity contribution >= 4 is 0 Å². The summed E-state index contributed by atoms with van der Waals surface area (Å²) >= 11 is 0. The molecule has 0 radical (unpaired) electrons. The van der Waals surface area contributed by atoms with Gasteiger partial charge >= 0.3 is 0 Å². The van der Waals surface area contributed by atoms with E-state index in [2.05, 4.69) is 76.2 Å². The summed E-state index contributed by atoms with van der Waals surface area (Å²) in [7, 11) is 0. The van der Waals surface area contributed by atoms with Crippen LogP contribution in [0.3, 0.4) is 0 Å². The topological polar surface area (TPSA) is 12.5 Å². The maximum absolute atomic E-state index is 5.89. The van der Waals surface area contributed by atoms with E-state index in [1.807, 2.05) is 0 Å². The van der Waals surface area contributed by atoms with Gasteiger partial charge in [-0.3, -0.25) is 0 Å². The van der Waals surface area contributed by atoms with Crippen LogP contribution in [0, 0.1) is 0 Å². The van der Waals surface area contributed by atoms with Crippen LogP contribution in [0.1, 0.15) is 74.0 Å². The third-order valence-corrected chi connectivity index (χ3v) is 4.35. The SMILES string of the molecule is CC(C)c1ccc(C2OC2c2ccc(C(C)C)cc2)cc1. The molecule has 0 aliphatic carbocycles. The van der Waals surface area contributed by atoms with E-state index in [1.165, 1.54) is 22.3 Å². The summed E-state index contributed by atoms with van der Waals surface area (Å²) in [6.45, 7) is 8.90. The number of benzene rings is 2. The van der Waals surface area contributed by atoms with Gasteiger partial charge in [0, 0.05) is 0 Å². The molecule has 1 saturated heterocycles. The largest absolute Gasteiger partial charge is 0.359 e. The zero-order chi connectivity index (χ0) is 15.0. The zero-order valence-corrected chi connectivity index (χ0v) is 13.3. The molecule has 0 N–H and O–H groups in total. The molecule has 0 spiro atoms. The first-order valence-corrected chi connectivity index (χ1v) is 7.91. The first-order chi connectivity index (χ1) is 10.1. The van der Waals surface area contributed by atoms with Crippen molar-refractivity contribution in [3.63, 3.8) is 0 Å². The first kappa shape index (κ1) is 14.3. The van der Waals surface area contributed by atoms with Gasteiger partial charge in [-0.15, -0.1) is 0 Å². The molecule has 2 atom stereocenters. The quantitative estimate of drug-likeness (QED) is 0.650. The zero-order valence-electron chi connectivity index (χ0n) is 13.3. The molecule has 3 rings (SSSR count). The summed E-state index contributed by atoms with van der Waals surface area (Å²) in [4.78, 5) is 0. The second-order valence-electron chi connectivity index (χ2n) is 6.62. The van der Waals surface area contributed by atoms with Gasteiger partial charge in [-0.05, 0) is 34.1 Å². The third-order valence-electron chi connectivity index (χ3n) is 4.35. The highest BCUT2D eigenvalue weighted by molar-refractivity contribution is 5.34. The van der Waals surface area contributed by atoms with Crippen LogP contribution in [-0.4, -0.2) is 0 Å². The van der Waals surface area contributed by atoms with Crippen LogP contribution < -0.4 is 0 Å². The van der Waals surface area contributed by atoms with E-state index in [0.29, 0.717) is 11.8 Å². The molecule has 1 aliphatic heterocycles. The molecule has 21 heavy (non-hydrogen) atoms. The van der Waals surface area contributed by atoms with Crippen LogP contribution in [0.15, 0.2) is 48.5 Å². The molecular weight excluding hydrogens is 256 g/mol. The maximum Gasteiger partial charge on any atom is 0.114 e. The standard InChI is InChI=1S/C20H24O/c1-13(2)15-5-9-17(10-6-15)19-20(21-19)18-11-7-16(8-12-18)14(3)4/h5-14,19-20H,1-4H3. The van der Waals surface area contributed by atoms with Crippen molar-refractivity contribution in [1.82, 2.24) is 0 Å². The van der Waals surface area contributed by atoms with Gasteiger partial charge in [0.25, 0.3) is 0 Å². The van der Waals surface area contributed by atoms with Gasteiger partial charge in [-0.2, -0.15) is 0 Å². The molecule has 0 bridgehead atoms. The Bertz CT molecular complexity index is 537. The van der Waals surface area contributed by atoms with Crippen molar-refractivity contribution in [2.75, 3.05) is 0 Å². The van der Waals surface area contributed by atoms with Crippen LogP contribution in [0.4, 0.5) is 0 Å². The number of hydrogen-bond acceptors (Lipinski definition) is 1. The summed E-state index contributed by atoms with van der Waals surface area (Å²) in [6.07, 6.45) is 0.465. The van der Waals surface area contributed by atoms with Crippen molar-refractivity contribution < 1.29 is 4.74 Å². The third kappa shape index (κ3) is 3.03. The second-order valence-corrected chi connectivity index (χ2v) is 6.62. The van der Waals surface area contributed by atoms with Gasteiger partial charge in [0.05, 0.1) is 0 Å². The number of ether oxygens (including phenoxy) is 1. The van der Waals surface area contributed by atoms with Gasteiger partial charge in [0.2, 0.25) is 0 Å². The Balaban J connectivity index is 1.70. The highest BCUT2D eigenvalue weighted by Crippen LogP contribution is 2.51. The summed E-state index contributed by atoms with van der Waals surface area (Å²) in [5.41, 5.74) is 5.35. The van der Waals surface area contributed by atoms with Gasteiger partial charge in [0.15, 0.2) is 0 Å². The maximum atomic E-state index is 5.89. The minimum atomic E-state index is 0.233. The van der Waals surface area contributed by atoms with Crippen molar-refractivity contribution in [2.24, 2.45) is 0 Å². The Hall–Kier alpha value is -1.60. The minimum Gasteiger partial charge on any atom is -0.359 e. The summed E-state index contributed by atoms with van der Waals surface area (Å²) in [6, 6.07) is 17.7. The van der Waals surface area contributed by atoms with E-state index < -0.39 is 0 Å². The lowest BCUT2D eigenvalue weighted by molar-refractivity contribution is 0.377. The average Bonchev–Trinajstić information content (AvgIpc) is 3.28. The van der Waals surface area contributed by atoms with E-state index in [0.717, 1.165) is 0 Å². The highest BCUT2D eigenvalue weighted by atomic mass is 16.6. The van der Waals surface area contributed by atoms with E-state index in [4.69, 9.17) is 4.74 Å². The molecule has 1 aliphatic rings. The van der Waals surface area contributed by atoms with Crippen LogP contribution in [0.5, 0.6) is 0 Å². The van der Waals surface area contributed by atoms with E-state index >= 15 is 0 Å². The van der Waals surface area contributed by atoms with Crippen molar-refractivity contribution in [3.8, 4) is 0 Å². The van der Waals surface area contributed by atoms with Crippen molar-refractivity contribution in [3.05, 3.63) is 70.8 Å². The van der Waals surface area contributed by atoms with Gasteiger partial charge in [0.1, 0.15) is 12.2 Å². The normalized spacial score (nSPS) is 21.0. The smallest absolute Gasteiger partial charge is 0.114 e. The predicted molar refractivity (Wildman–Crippen MR) is 87.6 cm³/mol. The number of hydrogen-bond donors (Lipinski definition) is 0. The van der Waals surface area contributed by atoms with Gasteiger partial charge in [-0.1, -0.05) is 76.2 Å². The summed E-state index contributed by atoms with van der Waals surface area (Å²) in [5, 5.41) is 0. The molecule has 2 aromatic rings. The number of rotatable bonds is 4. The van der Waals surface area contributed by atoms with Crippen LogP contribution in [-0.2, 0) is 4.74 Å². The van der Waals surface area contributed by atoms with E-state index in [1.54, 1.807) is 0 Å². The minimum absolute atomic E-state index is 0.233. The van der Waals surface area contributed by atoms with Crippen LogP contribution in [0.25, 0.3) is 0 Å².